The Morgan fingerprint density at radius 2 is 2.05 bits per heavy atom. The molecule has 0 bridgehead atoms. The zero-order valence-electron chi connectivity index (χ0n) is 11.6. The van der Waals surface area contributed by atoms with E-state index in [1.165, 1.54) is 7.11 Å². The minimum atomic E-state index is -1.04. The van der Waals surface area contributed by atoms with Gasteiger partial charge < -0.3 is 15.2 Å². The van der Waals surface area contributed by atoms with Gasteiger partial charge in [0.15, 0.2) is 0 Å². The molecule has 2 N–H and O–H groups in total. The fourth-order valence-corrected chi connectivity index (χ4v) is 2.16. The lowest BCUT2D eigenvalue weighted by atomic mass is 10.0. The monoisotopic (exact) mass is 343 g/mol. The lowest BCUT2D eigenvalue weighted by molar-refractivity contribution is -0.139. The van der Waals surface area contributed by atoms with Crippen LogP contribution in [0.15, 0.2) is 22.7 Å². The summed E-state index contributed by atoms with van der Waals surface area (Å²) in [5.41, 5.74) is 0.347. The van der Waals surface area contributed by atoms with Crippen molar-refractivity contribution in [2.45, 2.75) is 26.3 Å². The van der Waals surface area contributed by atoms with Crippen LogP contribution in [0, 0.1) is 5.92 Å². The number of hydrogen-bond acceptors (Lipinski definition) is 3. The topological polar surface area (TPSA) is 75.6 Å². The van der Waals surface area contributed by atoms with Crippen molar-refractivity contribution in [3.05, 3.63) is 28.2 Å². The second-order valence-corrected chi connectivity index (χ2v) is 5.69. The maximum Gasteiger partial charge on any atom is 0.326 e. The van der Waals surface area contributed by atoms with Crippen LogP contribution in [0.5, 0.6) is 5.75 Å². The van der Waals surface area contributed by atoms with Crippen molar-refractivity contribution in [3.63, 3.8) is 0 Å². The van der Waals surface area contributed by atoms with E-state index in [1.807, 2.05) is 13.8 Å². The number of benzene rings is 1. The third kappa shape index (κ3) is 4.52. The van der Waals surface area contributed by atoms with Crippen molar-refractivity contribution < 1.29 is 19.4 Å². The maximum absolute atomic E-state index is 12.2. The maximum atomic E-state index is 12.2. The molecule has 0 fully saturated rings. The summed E-state index contributed by atoms with van der Waals surface area (Å²) in [5, 5.41) is 11.7. The SMILES string of the molecule is COc1ccc(Br)c(C(=O)N[C@@H](CC(C)C)C(=O)O)c1. The van der Waals surface area contributed by atoms with Gasteiger partial charge in [-0.15, -0.1) is 0 Å². The number of halogens is 1. The summed E-state index contributed by atoms with van der Waals surface area (Å²) in [5.74, 6) is -0.769. The molecule has 0 aliphatic carbocycles. The minimum absolute atomic E-state index is 0.171. The van der Waals surface area contributed by atoms with Crippen molar-refractivity contribution in [1.82, 2.24) is 5.32 Å². The van der Waals surface area contributed by atoms with E-state index in [2.05, 4.69) is 21.2 Å². The molecule has 1 amide bonds. The molecule has 1 rings (SSSR count). The van der Waals surface area contributed by atoms with E-state index < -0.39 is 17.9 Å². The van der Waals surface area contributed by atoms with Gasteiger partial charge in [-0.3, -0.25) is 4.79 Å². The highest BCUT2D eigenvalue weighted by Crippen LogP contribution is 2.22. The normalized spacial score (nSPS) is 12.1. The number of methoxy groups -OCH3 is 1. The Morgan fingerprint density at radius 3 is 2.55 bits per heavy atom. The summed E-state index contributed by atoms with van der Waals surface area (Å²) in [6.45, 7) is 3.81. The zero-order chi connectivity index (χ0) is 15.3. The van der Waals surface area contributed by atoms with Gasteiger partial charge in [0, 0.05) is 4.47 Å². The highest BCUT2D eigenvalue weighted by Gasteiger charge is 2.22. The number of hydrogen-bond donors (Lipinski definition) is 2. The molecule has 20 heavy (non-hydrogen) atoms. The molecule has 1 aromatic carbocycles. The van der Waals surface area contributed by atoms with E-state index in [0.717, 1.165) is 0 Å². The van der Waals surface area contributed by atoms with Crippen LogP contribution in [0.25, 0.3) is 0 Å². The average Bonchev–Trinajstić information content (AvgIpc) is 2.37. The third-order valence-corrected chi connectivity index (χ3v) is 3.42. The first-order valence-electron chi connectivity index (χ1n) is 6.22. The van der Waals surface area contributed by atoms with Crippen LogP contribution in [-0.2, 0) is 4.79 Å². The average molecular weight is 344 g/mol. The number of nitrogens with one attached hydrogen (secondary N) is 1. The van der Waals surface area contributed by atoms with Crippen molar-refractivity contribution in [3.8, 4) is 5.75 Å². The van der Waals surface area contributed by atoms with Crippen molar-refractivity contribution in [2.24, 2.45) is 5.92 Å². The van der Waals surface area contributed by atoms with Crippen LogP contribution < -0.4 is 10.1 Å². The van der Waals surface area contributed by atoms with Gasteiger partial charge in [-0.25, -0.2) is 4.79 Å². The molecule has 0 saturated heterocycles. The van der Waals surface area contributed by atoms with Crippen LogP contribution >= 0.6 is 15.9 Å². The lowest BCUT2D eigenvalue weighted by Gasteiger charge is -2.17. The summed E-state index contributed by atoms with van der Waals surface area (Å²) < 4.78 is 5.65. The molecule has 0 aromatic heterocycles. The standard InChI is InChI=1S/C14H18BrNO4/c1-8(2)6-12(14(18)19)16-13(17)10-7-9(20-3)4-5-11(10)15/h4-5,7-8,12H,6H2,1-3H3,(H,16,17)(H,18,19)/t12-/m0/s1. The molecule has 0 aliphatic rings. The number of carbonyl (C=O) groups is 2. The van der Waals surface area contributed by atoms with Crippen LogP contribution in [0.2, 0.25) is 0 Å². The van der Waals surface area contributed by atoms with Crippen LogP contribution in [-0.4, -0.2) is 30.1 Å². The zero-order valence-corrected chi connectivity index (χ0v) is 13.2. The molecule has 0 radical (unpaired) electrons. The Morgan fingerprint density at radius 1 is 1.40 bits per heavy atom. The van der Waals surface area contributed by atoms with Gasteiger partial charge in [-0.05, 0) is 46.5 Å². The number of rotatable bonds is 6. The molecule has 5 nitrogen and oxygen atoms in total. The Hall–Kier alpha value is -1.56. The highest BCUT2D eigenvalue weighted by molar-refractivity contribution is 9.10. The molecule has 1 aromatic rings. The highest BCUT2D eigenvalue weighted by atomic mass is 79.9. The Labute approximate surface area is 126 Å². The molecule has 110 valence electrons. The molecular formula is C14H18BrNO4. The van der Waals surface area contributed by atoms with E-state index in [9.17, 15) is 9.59 Å². The smallest absolute Gasteiger partial charge is 0.326 e. The number of aliphatic carboxylic acids is 1. The van der Waals surface area contributed by atoms with Crippen LogP contribution in [0.3, 0.4) is 0 Å². The van der Waals surface area contributed by atoms with Gasteiger partial charge in [0.2, 0.25) is 0 Å². The van der Waals surface area contributed by atoms with Gasteiger partial charge in [-0.2, -0.15) is 0 Å². The summed E-state index contributed by atoms with van der Waals surface area (Å²) in [6.07, 6.45) is 0.378. The Bertz CT molecular complexity index is 502. The van der Waals surface area contributed by atoms with Gasteiger partial charge in [0.25, 0.3) is 5.91 Å². The molecule has 0 unspecified atom stereocenters. The van der Waals surface area contributed by atoms with E-state index >= 15 is 0 Å². The predicted octanol–water partition coefficient (Wildman–Crippen LogP) is 2.69. The first-order valence-corrected chi connectivity index (χ1v) is 7.01. The first-order chi connectivity index (χ1) is 9.35. The van der Waals surface area contributed by atoms with E-state index in [0.29, 0.717) is 22.2 Å². The van der Waals surface area contributed by atoms with E-state index in [1.54, 1.807) is 18.2 Å². The number of carboxylic acids is 1. The van der Waals surface area contributed by atoms with Crippen molar-refractivity contribution >= 4 is 27.8 Å². The number of carboxylic acid groups (broad SMARTS) is 1. The molecule has 1 atom stereocenters. The van der Waals surface area contributed by atoms with Crippen molar-refractivity contribution in [2.75, 3.05) is 7.11 Å². The Kier molecular flexibility index (Phi) is 6.01. The summed E-state index contributed by atoms with van der Waals surface area (Å²) in [7, 11) is 1.50. The summed E-state index contributed by atoms with van der Waals surface area (Å²) in [6, 6.07) is 4.06. The lowest BCUT2D eigenvalue weighted by Crippen LogP contribution is -2.41. The quantitative estimate of drug-likeness (QED) is 0.832. The number of amides is 1. The minimum Gasteiger partial charge on any atom is -0.497 e. The fourth-order valence-electron chi connectivity index (χ4n) is 1.73. The molecule has 6 heteroatoms. The van der Waals surface area contributed by atoms with Gasteiger partial charge >= 0.3 is 5.97 Å². The number of ether oxygens (including phenoxy) is 1. The second-order valence-electron chi connectivity index (χ2n) is 4.84. The molecular weight excluding hydrogens is 326 g/mol. The molecule has 0 aliphatic heterocycles. The van der Waals surface area contributed by atoms with E-state index in [4.69, 9.17) is 9.84 Å². The number of carbonyl (C=O) groups excluding carboxylic acids is 1. The van der Waals surface area contributed by atoms with Crippen molar-refractivity contribution in [1.29, 1.82) is 0 Å². The molecule has 0 heterocycles. The molecule has 0 spiro atoms. The second kappa shape index (κ2) is 7.28. The molecule has 0 saturated carbocycles. The van der Waals surface area contributed by atoms with Gasteiger partial charge in [0.05, 0.1) is 12.7 Å². The summed E-state index contributed by atoms with van der Waals surface area (Å²) >= 11 is 3.27. The first kappa shape index (κ1) is 16.5. The predicted molar refractivity (Wildman–Crippen MR) is 79.0 cm³/mol. The van der Waals surface area contributed by atoms with Gasteiger partial charge in [0.1, 0.15) is 11.8 Å². The largest absolute Gasteiger partial charge is 0.497 e. The Balaban J connectivity index is 2.91. The van der Waals surface area contributed by atoms with Crippen LogP contribution in [0.4, 0.5) is 0 Å². The summed E-state index contributed by atoms with van der Waals surface area (Å²) in [4.78, 5) is 23.3. The fraction of sp³-hybridized carbons (Fsp3) is 0.429. The third-order valence-electron chi connectivity index (χ3n) is 2.73. The van der Waals surface area contributed by atoms with E-state index in [-0.39, 0.29) is 5.92 Å². The van der Waals surface area contributed by atoms with Gasteiger partial charge in [-0.1, -0.05) is 13.8 Å². The van der Waals surface area contributed by atoms with Crippen LogP contribution in [0.1, 0.15) is 30.6 Å².